The summed E-state index contributed by atoms with van der Waals surface area (Å²) >= 11 is 0. The number of aromatic nitrogens is 1. The minimum atomic E-state index is -1.28. The summed E-state index contributed by atoms with van der Waals surface area (Å²) in [6, 6.07) is 1.58. The average Bonchev–Trinajstić information content (AvgIpc) is 2.22. The number of nitrogens with zero attached hydrogens (tertiary/aromatic N) is 3. The SMILES string of the molecule is CN1CCOc2c1nc(F)c(F)c2C#N. The van der Waals surface area contributed by atoms with Gasteiger partial charge in [-0.1, -0.05) is 0 Å². The Balaban J connectivity index is 2.70. The summed E-state index contributed by atoms with van der Waals surface area (Å²) in [7, 11) is 1.67. The number of hydrogen-bond acceptors (Lipinski definition) is 4. The molecule has 2 heterocycles. The monoisotopic (exact) mass is 211 g/mol. The molecule has 0 spiro atoms. The van der Waals surface area contributed by atoms with Crippen molar-refractivity contribution in [3.8, 4) is 11.8 Å². The van der Waals surface area contributed by atoms with Crippen molar-refractivity contribution in [1.82, 2.24) is 4.98 Å². The van der Waals surface area contributed by atoms with E-state index in [2.05, 4.69) is 4.98 Å². The first kappa shape index (κ1) is 9.65. The molecule has 0 N–H and O–H groups in total. The predicted molar refractivity (Wildman–Crippen MR) is 47.6 cm³/mol. The Labute approximate surface area is 84.7 Å². The number of halogens is 2. The van der Waals surface area contributed by atoms with Crippen LogP contribution in [0.3, 0.4) is 0 Å². The highest BCUT2D eigenvalue weighted by Gasteiger charge is 2.26. The number of pyridine rings is 1. The highest BCUT2D eigenvalue weighted by molar-refractivity contribution is 5.61. The molecule has 15 heavy (non-hydrogen) atoms. The Hall–Kier alpha value is -1.90. The number of hydrogen-bond donors (Lipinski definition) is 0. The molecule has 4 nitrogen and oxygen atoms in total. The molecule has 2 rings (SSSR count). The first-order valence-corrected chi connectivity index (χ1v) is 4.28. The molecule has 0 aromatic carbocycles. The summed E-state index contributed by atoms with van der Waals surface area (Å²) < 4.78 is 31.3. The van der Waals surface area contributed by atoms with E-state index in [9.17, 15) is 8.78 Å². The summed E-state index contributed by atoms with van der Waals surface area (Å²) in [5, 5.41) is 8.70. The number of ether oxygens (including phenoxy) is 1. The minimum Gasteiger partial charge on any atom is -0.486 e. The highest BCUT2D eigenvalue weighted by Crippen LogP contribution is 2.34. The molecule has 0 aliphatic carbocycles. The predicted octanol–water partition coefficient (Wildman–Crippen LogP) is 1.06. The van der Waals surface area contributed by atoms with Crippen LogP contribution >= 0.6 is 0 Å². The molecule has 1 aromatic heterocycles. The topological polar surface area (TPSA) is 49.1 Å². The third-order valence-electron chi connectivity index (χ3n) is 2.18. The Morgan fingerprint density at radius 1 is 1.53 bits per heavy atom. The van der Waals surface area contributed by atoms with Gasteiger partial charge in [-0.2, -0.15) is 14.6 Å². The molecule has 0 amide bonds. The Bertz CT molecular complexity index is 456. The second-order valence-corrected chi connectivity index (χ2v) is 3.13. The minimum absolute atomic E-state index is 0.0187. The number of fused-ring (bicyclic) bond motifs is 1. The molecule has 0 saturated carbocycles. The third-order valence-corrected chi connectivity index (χ3v) is 2.18. The molecule has 0 saturated heterocycles. The van der Waals surface area contributed by atoms with E-state index in [1.165, 1.54) is 0 Å². The molecule has 0 atom stereocenters. The van der Waals surface area contributed by atoms with E-state index in [1.807, 2.05) is 0 Å². The van der Waals surface area contributed by atoms with Crippen molar-refractivity contribution in [3.05, 3.63) is 17.3 Å². The Kier molecular flexibility index (Phi) is 2.15. The lowest BCUT2D eigenvalue weighted by Crippen LogP contribution is -2.30. The van der Waals surface area contributed by atoms with Gasteiger partial charge in [0.25, 0.3) is 5.95 Å². The van der Waals surface area contributed by atoms with Crippen molar-refractivity contribution < 1.29 is 13.5 Å². The Morgan fingerprint density at radius 2 is 2.27 bits per heavy atom. The molecular weight excluding hydrogens is 204 g/mol. The van der Waals surface area contributed by atoms with Crippen molar-refractivity contribution in [3.63, 3.8) is 0 Å². The van der Waals surface area contributed by atoms with E-state index >= 15 is 0 Å². The summed E-state index contributed by atoms with van der Waals surface area (Å²) in [6.07, 6.45) is 0. The maximum Gasteiger partial charge on any atom is 0.252 e. The van der Waals surface area contributed by atoms with Gasteiger partial charge in [0.2, 0.25) is 0 Å². The molecule has 0 fully saturated rings. The molecular formula is C9H7F2N3O. The average molecular weight is 211 g/mol. The Morgan fingerprint density at radius 3 is 2.93 bits per heavy atom. The van der Waals surface area contributed by atoms with E-state index in [0.717, 1.165) is 0 Å². The summed E-state index contributed by atoms with van der Waals surface area (Å²) in [5.74, 6) is -2.35. The van der Waals surface area contributed by atoms with Crippen LogP contribution < -0.4 is 9.64 Å². The number of nitriles is 1. The molecule has 0 unspecified atom stereocenters. The summed E-state index contributed by atoms with van der Waals surface area (Å²) in [4.78, 5) is 5.02. The lowest BCUT2D eigenvalue weighted by atomic mass is 10.2. The van der Waals surface area contributed by atoms with Gasteiger partial charge in [0.15, 0.2) is 17.4 Å². The van der Waals surface area contributed by atoms with Crippen LogP contribution in [-0.2, 0) is 0 Å². The maximum absolute atomic E-state index is 13.2. The molecule has 78 valence electrons. The normalized spacial score (nSPS) is 14.1. The van der Waals surface area contributed by atoms with Crippen LogP contribution in [0.1, 0.15) is 5.56 Å². The van der Waals surface area contributed by atoms with Crippen LogP contribution in [-0.4, -0.2) is 25.2 Å². The number of likely N-dealkylation sites (N-methyl/N-ethyl adjacent to an activating group) is 1. The van der Waals surface area contributed by atoms with Gasteiger partial charge in [-0.3, -0.25) is 0 Å². The smallest absolute Gasteiger partial charge is 0.252 e. The van der Waals surface area contributed by atoms with Gasteiger partial charge in [-0.15, -0.1) is 0 Å². The van der Waals surface area contributed by atoms with Crippen LogP contribution in [0.2, 0.25) is 0 Å². The van der Waals surface area contributed by atoms with Crippen molar-refractivity contribution in [1.29, 1.82) is 5.26 Å². The van der Waals surface area contributed by atoms with E-state index in [1.54, 1.807) is 18.0 Å². The molecule has 1 aliphatic heterocycles. The van der Waals surface area contributed by atoms with Gasteiger partial charge in [0, 0.05) is 7.05 Å². The fraction of sp³-hybridized carbons (Fsp3) is 0.333. The van der Waals surface area contributed by atoms with E-state index < -0.39 is 17.3 Å². The van der Waals surface area contributed by atoms with Gasteiger partial charge in [-0.05, 0) is 0 Å². The van der Waals surface area contributed by atoms with Gasteiger partial charge in [0.1, 0.15) is 18.2 Å². The highest BCUT2D eigenvalue weighted by atomic mass is 19.2. The van der Waals surface area contributed by atoms with Crippen LogP contribution in [0, 0.1) is 23.1 Å². The third kappa shape index (κ3) is 1.36. The zero-order valence-electron chi connectivity index (χ0n) is 7.92. The van der Waals surface area contributed by atoms with Crippen molar-refractivity contribution in [2.24, 2.45) is 0 Å². The zero-order chi connectivity index (χ0) is 11.0. The second-order valence-electron chi connectivity index (χ2n) is 3.13. The van der Waals surface area contributed by atoms with Crippen LogP contribution in [0.25, 0.3) is 0 Å². The van der Waals surface area contributed by atoms with Crippen molar-refractivity contribution in [2.75, 3.05) is 25.1 Å². The van der Waals surface area contributed by atoms with Crippen molar-refractivity contribution >= 4 is 5.82 Å². The van der Waals surface area contributed by atoms with E-state index in [-0.39, 0.29) is 11.6 Å². The summed E-state index contributed by atoms with van der Waals surface area (Å²) in [6.45, 7) is 0.848. The fourth-order valence-electron chi connectivity index (χ4n) is 1.39. The van der Waals surface area contributed by atoms with E-state index in [0.29, 0.717) is 13.2 Å². The van der Waals surface area contributed by atoms with Gasteiger partial charge >= 0.3 is 0 Å². The second kappa shape index (κ2) is 3.35. The van der Waals surface area contributed by atoms with Gasteiger partial charge in [-0.25, -0.2) is 4.39 Å². The first-order chi connectivity index (χ1) is 7.15. The molecule has 0 radical (unpaired) electrons. The number of rotatable bonds is 0. The van der Waals surface area contributed by atoms with Gasteiger partial charge in [0.05, 0.1) is 6.54 Å². The lowest BCUT2D eigenvalue weighted by molar-refractivity contribution is 0.302. The van der Waals surface area contributed by atoms with Crippen LogP contribution in [0.15, 0.2) is 0 Å². The van der Waals surface area contributed by atoms with E-state index in [4.69, 9.17) is 10.00 Å². The zero-order valence-corrected chi connectivity index (χ0v) is 7.92. The lowest BCUT2D eigenvalue weighted by Gasteiger charge is -2.26. The summed E-state index contributed by atoms with van der Waals surface area (Å²) in [5.41, 5.74) is -0.427. The number of anilines is 1. The largest absolute Gasteiger partial charge is 0.486 e. The molecule has 0 bridgehead atoms. The molecule has 1 aromatic rings. The van der Waals surface area contributed by atoms with Crippen LogP contribution in [0.5, 0.6) is 5.75 Å². The molecule has 6 heteroatoms. The maximum atomic E-state index is 13.2. The first-order valence-electron chi connectivity index (χ1n) is 4.28. The van der Waals surface area contributed by atoms with Gasteiger partial charge < -0.3 is 9.64 Å². The quantitative estimate of drug-likeness (QED) is 0.602. The van der Waals surface area contributed by atoms with Crippen molar-refractivity contribution in [2.45, 2.75) is 0 Å². The standard InChI is InChI=1S/C9H7F2N3O/c1-14-2-3-15-7-5(4-12)6(10)8(11)13-9(7)14/h2-3H2,1H3. The molecule has 1 aliphatic rings. The fourth-order valence-corrected chi connectivity index (χ4v) is 1.39. The van der Waals surface area contributed by atoms with Crippen LogP contribution in [0.4, 0.5) is 14.6 Å².